The molecule has 2 aromatic heterocycles. The van der Waals surface area contributed by atoms with Crippen LogP contribution in [0.4, 0.5) is 5.95 Å². The molecule has 1 aliphatic rings. The molecule has 8 nitrogen and oxygen atoms in total. The van der Waals surface area contributed by atoms with Crippen LogP contribution in [0.3, 0.4) is 0 Å². The van der Waals surface area contributed by atoms with Gasteiger partial charge in [0.15, 0.2) is 9.84 Å². The predicted molar refractivity (Wildman–Crippen MR) is 116 cm³/mol. The van der Waals surface area contributed by atoms with E-state index in [9.17, 15) is 8.42 Å². The van der Waals surface area contributed by atoms with Gasteiger partial charge >= 0.3 is 0 Å². The molecule has 4 rings (SSSR count). The fourth-order valence-electron chi connectivity index (χ4n) is 3.66. The average molecular weight is 425 g/mol. The Balaban J connectivity index is 1.72. The molecule has 1 aliphatic heterocycles. The summed E-state index contributed by atoms with van der Waals surface area (Å²) in [7, 11) is -3.53. The van der Waals surface area contributed by atoms with Crippen LogP contribution in [0.15, 0.2) is 35.4 Å². The van der Waals surface area contributed by atoms with E-state index in [1.54, 1.807) is 12.1 Å². The molecule has 3 N–H and O–H groups in total. The van der Waals surface area contributed by atoms with E-state index in [-0.39, 0.29) is 16.5 Å². The summed E-state index contributed by atoms with van der Waals surface area (Å²) in [5, 5.41) is 16.8. The molecule has 156 valence electrons. The standard InChI is InChI=1S/C21H24N6O2S/c1-21(2)7-6-15(11-24-21)25-20-23-12-18(30(3,28)29)19(27-20)17-9-14-5-4-13(10-22)8-16(14)26-17/h4-5,8-9,12,15,24,26H,6-7,11H2,1-3H3,(H,23,25,27). The summed E-state index contributed by atoms with van der Waals surface area (Å²) in [5.41, 5.74) is 2.26. The van der Waals surface area contributed by atoms with Crippen LogP contribution in [0.25, 0.3) is 22.3 Å². The number of benzene rings is 1. The molecule has 1 atom stereocenters. The highest BCUT2D eigenvalue weighted by Crippen LogP contribution is 2.29. The van der Waals surface area contributed by atoms with Gasteiger partial charge in [-0.3, -0.25) is 0 Å². The summed E-state index contributed by atoms with van der Waals surface area (Å²) in [6.07, 6.45) is 4.48. The van der Waals surface area contributed by atoms with Crippen molar-refractivity contribution in [3.05, 3.63) is 36.0 Å². The Hall–Kier alpha value is -2.96. The number of piperidine rings is 1. The summed E-state index contributed by atoms with van der Waals surface area (Å²) in [4.78, 5) is 12.1. The smallest absolute Gasteiger partial charge is 0.223 e. The van der Waals surface area contributed by atoms with Crippen LogP contribution in [0.2, 0.25) is 0 Å². The Morgan fingerprint density at radius 2 is 2.10 bits per heavy atom. The lowest BCUT2D eigenvalue weighted by molar-refractivity contribution is 0.289. The lowest BCUT2D eigenvalue weighted by atomic mass is 9.91. The third-order valence-corrected chi connectivity index (χ3v) is 6.54. The van der Waals surface area contributed by atoms with Gasteiger partial charge in [-0.15, -0.1) is 0 Å². The van der Waals surface area contributed by atoms with Gasteiger partial charge in [-0.05, 0) is 44.9 Å². The van der Waals surface area contributed by atoms with Gasteiger partial charge in [0.05, 0.1) is 23.5 Å². The Morgan fingerprint density at radius 1 is 1.30 bits per heavy atom. The number of nitriles is 1. The Kier molecular flexibility index (Phi) is 5.00. The zero-order valence-electron chi connectivity index (χ0n) is 17.2. The summed E-state index contributed by atoms with van der Waals surface area (Å²) in [6, 6.07) is 9.38. The van der Waals surface area contributed by atoms with E-state index in [1.807, 2.05) is 12.1 Å². The van der Waals surface area contributed by atoms with Gasteiger partial charge in [-0.2, -0.15) is 5.26 Å². The minimum atomic E-state index is -3.53. The summed E-state index contributed by atoms with van der Waals surface area (Å²) >= 11 is 0. The number of aromatic amines is 1. The maximum atomic E-state index is 12.3. The molecule has 0 aliphatic carbocycles. The molecule has 0 saturated carbocycles. The van der Waals surface area contributed by atoms with E-state index in [0.717, 1.165) is 36.5 Å². The lowest BCUT2D eigenvalue weighted by Gasteiger charge is -2.36. The Bertz CT molecular complexity index is 1250. The van der Waals surface area contributed by atoms with Crippen molar-refractivity contribution in [1.82, 2.24) is 20.3 Å². The van der Waals surface area contributed by atoms with Gasteiger partial charge in [0, 0.05) is 35.3 Å². The average Bonchev–Trinajstić information content (AvgIpc) is 3.12. The molecule has 3 heterocycles. The quantitative estimate of drug-likeness (QED) is 0.588. The number of fused-ring (bicyclic) bond motifs is 1. The summed E-state index contributed by atoms with van der Waals surface area (Å²) in [5.74, 6) is 0.389. The van der Waals surface area contributed by atoms with Crippen LogP contribution in [-0.2, 0) is 9.84 Å². The number of rotatable bonds is 4. The Labute approximate surface area is 175 Å². The largest absolute Gasteiger partial charge is 0.353 e. The van der Waals surface area contributed by atoms with Crippen molar-refractivity contribution in [2.24, 2.45) is 0 Å². The first-order valence-electron chi connectivity index (χ1n) is 9.76. The lowest BCUT2D eigenvalue weighted by Crippen LogP contribution is -2.50. The van der Waals surface area contributed by atoms with E-state index in [1.165, 1.54) is 6.20 Å². The van der Waals surface area contributed by atoms with Crippen LogP contribution in [0.1, 0.15) is 32.3 Å². The number of anilines is 1. The fraction of sp³-hybridized carbons (Fsp3) is 0.381. The third-order valence-electron chi connectivity index (χ3n) is 5.44. The molecular formula is C21H24N6O2S. The molecule has 0 bridgehead atoms. The monoisotopic (exact) mass is 424 g/mol. The van der Waals surface area contributed by atoms with Crippen molar-refractivity contribution >= 4 is 26.7 Å². The van der Waals surface area contributed by atoms with Crippen molar-refractivity contribution in [3.63, 3.8) is 0 Å². The molecule has 0 spiro atoms. The topological polar surface area (TPSA) is 124 Å². The molecule has 9 heteroatoms. The normalized spacial score (nSPS) is 18.8. The Morgan fingerprint density at radius 3 is 2.77 bits per heavy atom. The van der Waals surface area contributed by atoms with Gasteiger partial charge in [0.25, 0.3) is 0 Å². The molecular weight excluding hydrogens is 400 g/mol. The minimum absolute atomic E-state index is 0.0583. The van der Waals surface area contributed by atoms with Crippen molar-refractivity contribution in [2.75, 3.05) is 18.1 Å². The van der Waals surface area contributed by atoms with Gasteiger partial charge in [-0.25, -0.2) is 18.4 Å². The number of H-pyrrole nitrogens is 1. The van der Waals surface area contributed by atoms with Gasteiger partial charge < -0.3 is 15.6 Å². The zero-order chi connectivity index (χ0) is 21.5. The first-order valence-corrected chi connectivity index (χ1v) is 11.7. The van der Waals surface area contributed by atoms with Crippen molar-refractivity contribution in [3.8, 4) is 17.5 Å². The third kappa shape index (κ3) is 4.15. The van der Waals surface area contributed by atoms with Gasteiger partial charge in [-0.1, -0.05) is 6.07 Å². The van der Waals surface area contributed by atoms with Gasteiger partial charge in [0.1, 0.15) is 10.6 Å². The van der Waals surface area contributed by atoms with E-state index in [2.05, 4.69) is 45.5 Å². The minimum Gasteiger partial charge on any atom is -0.353 e. The number of nitrogens with zero attached hydrogens (tertiary/aromatic N) is 3. The molecule has 0 amide bonds. The van der Waals surface area contributed by atoms with Crippen molar-refractivity contribution < 1.29 is 8.42 Å². The van der Waals surface area contributed by atoms with E-state index < -0.39 is 9.84 Å². The first-order chi connectivity index (χ1) is 14.1. The van der Waals surface area contributed by atoms with E-state index in [0.29, 0.717) is 22.9 Å². The number of nitrogens with one attached hydrogen (secondary N) is 3. The van der Waals surface area contributed by atoms with Crippen LogP contribution >= 0.6 is 0 Å². The number of hydrogen-bond donors (Lipinski definition) is 3. The molecule has 0 radical (unpaired) electrons. The van der Waals surface area contributed by atoms with Gasteiger partial charge in [0.2, 0.25) is 5.95 Å². The molecule has 1 saturated heterocycles. The summed E-state index contributed by atoms with van der Waals surface area (Å²) in [6.45, 7) is 5.13. The molecule has 1 unspecified atom stereocenters. The number of hydrogen-bond acceptors (Lipinski definition) is 7. The summed E-state index contributed by atoms with van der Waals surface area (Å²) < 4.78 is 24.7. The molecule has 30 heavy (non-hydrogen) atoms. The predicted octanol–water partition coefficient (Wildman–Crippen LogP) is 2.84. The van der Waals surface area contributed by atoms with Crippen molar-refractivity contribution in [1.29, 1.82) is 5.26 Å². The zero-order valence-corrected chi connectivity index (χ0v) is 18.0. The second-order valence-corrected chi connectivity index (χ2v) is 10.4. The van der Waals surface area contributed by atoms with Crippen molar-refractivity contribution in [2.45, 2.75) is 43.2 Å². The highest BCUT2D eigenvalue weighted by atomic mass is 32.2. The van der Waals surface area contributed by atoms with E-state index >= 15 is 0 Å². The van der Waals surface area contributed by atoms with Crippen LogP contribution in [0, 0.1) is 11.3 Å². The maximum absolute atomic E-state index is 12.3. The molecule has 1 fully saturated rings. The highest BCUT2D eigenvalue weighted by molar-refractivity contribution is 7.90. The number of sulfone groups is 1. The first kappa shape index (κ1) is 20.3. The second kappa shape index (κ2) is 7.38. The molecule has 3 aromatic rings. The fourth-order valence-corrected chi connectivity index (χ4v) is 4.41. The van der Waals surface area contributed by atoms with Crippen LogP contribution < -0.4 is 10.6 Å². The second-order valence-electron chi connectivity index (χ2n) is 8.42. The SMILES string of the molecule is CC1(C)CCC(Nc2ncc(S(C)(=O)=O)c(-c3cc4ccc(C#N)cc4[nH]3)n2)CN1. The number of aromatic nitrogens is 3. The van der Waals surface area contributed by atoms with Crippen LogP contribution in [0.5, 0.6) is 0 Å². The van der Waals surface area contributed by atoms with E-state index in [4.69, 9.17) is 5.26 Å². The maximum Gasteiger partial charge on any atom is 0.223 e. The van der Waals surface area contributed by atoms with Crippen LogP contribution in [-0.4, -0.2) is 47.8 Å². The highest BCUT2D eigenvalue weighted by Gasteiger charge is 2.27. The molecule has 1 aromatic carbocycles.